The zero-order valence-corrected chi connectivity index (χ0v) is 11.7. The number of ether oxygens (including phenoxy) is 1. The SMILES string of the molecule is CCCOC1CCCN(CC(=O)C2CCCC2)C1. The fraction of sp³-hybridized carbons (Fsp3) is 0.933. The summed E-state index contributed by atoms with van der Waals surface area (Å²) in [4.78, 5) is 14.5. The van der Waals surface area contributed by atoms with E-state index in [1.54, 1.807) is 0 Å². The molecule has 0 spiro atoms. The Morgan fingerprint density at radius 2 is 2.00 bits per heavy atom. The topological polar surface area (TPSA) is 29.5 Å². The summed E-state index contributed by atoms with van der Waals surface area (Å²) in [7, 11) is 0. The maximum atomic E-state index is 12.2. The lowest BCUT2D eigenvalue weighted by atomic mass is 10.0. The number of hydrogen-bond donors (Lipinski definition) is 0. The average Bonchev–Trinajstić information content (AvgIpc) is 2.91. The van der Waals surface area contributed by atoms with E-state index in [-0.39, 0.29) is 0 Å². The van der Waals surface area contributed by atoms with E-state index in [2.05, 4.69) is 11.8 Å². The third kappa shape index (κ3) is 4.06. The monoisotopic (exact) mass is 253 g/mol. The first-order valence-corrected chi connectivity index (χ1v) is 7.66. The second kappa shape index (κ2) is 7.25. The first-order chi connectivity index (χ1) is 8.79. The van der Waals surface area contributed by atoms with E-state index in [0.717, 1.165) is 45.4 Å². The molecule has 104 valence electrons. The van der Waals surface area contributed by atoms with Crippen molar-refractivity contribution in [1.82, 2.24) is 4.90 Å². The van der Waals surface area contributed by atoms with Gasteiger partial charge in [0.1, 0.15) is 5.78 Å². The molecule has 0 bridgehead atoms. The van der Waals surface area contributed by atoms with Crippen LogP contribution in [0, 0.1) is 5.92 Å². The Morgan fingerprint density at radius 1 is 1.22 bits per heavy atom. The van der Waals surface area contributed by atoms with Gasteiger partial charge in [-0.3, -0.25) is 9.69 Å². The van der Waals surface area contributed by atoms with Gasteiger partial charge in [-0.15, -0.1) is 0 Å². The fourth-order valence-electron chi connectivity index (χ4n) is 3.17. The Kier molecular flexibility index (Phi) is 5.64. The molecule has 0 N–H and O–H groups in total. The number of piperidine rings is 1. The summed E-state index contributed by atoms with van der Waals surface area (Å²) in [6.45, 7) is 5.69. The molecule has 0 aromatic rings. The van der Waals surface area contributed by atoms with Gasteiger partial charge in [0.05, 0.1) is 12.6 Å². The Hall–Kier alpha value is -0.410. The van der Waals surface area contributed by atoms with E-state index < -0.39 is 0 Å². The van der Waals surface area contributed by atoms with Crippen molar-refractivity contribution in [2.45, 2.75) is 58.0 Å². The minimum absolute atomic E-state index is 0.357. The minimum Gasteiger partial charge on any atom is -0.377 e. The number of nitrogens with zero attached hydrogens (tertiary/aromatic N) is 1. The third-order valence-corrected chi connectivity index (χ3v) is 4.21. The molecule has 0 radical (unpaired) electrons. The van der Waals surface area contributed by atoms with Gasteiger partial charge in [-0.1, -0.05) is 19.8 Å². The summed E-state index contributed by atoms with van der Waals surface area (Å²) in [6.07, 6.45) is 8.52. The molecule has 1 heterocycles. The molecule has 0 aromatic heterocycles. The summed E-state index contributed by atoms with van der Waals surface area (Å²) in [5, 5.41) is 0. The van der Waals surface area contributed by atoms with Crippen molar-refractivity contribution in [2.24, 2.45) is 5.92 Å². The fourth-order valence-corrected chi connectivity index (χ4v) is 3.17. The highest BCUT2D eigenvalue weighted by Gasteiger charge is 2.27. The number of carbonyl (C=O) groups is 1. The van der Waals surface area contributed by atoms with Crippen LogP contribution in [0.25, 0.3) is 0 Å². The smallest absolute Gasteiger partial charge is 0.149 e. The summed E-state index contributed by atoms with van der Waals surface area (Å²) in [5.74, 6) is 0.838. The van der Waals surface area contributed by atoms with Crippen molar-refractivity contribution < 1.29 is 9.53 Å². The van der Waals surface area contributed by atoms with Gasteiger partial charge < -0.3 is 4.74 Å². The lowest BCUT2D eigenvalue weighted by Crippen LogP contribution is -2.43. The standard InChI is InChI=1S/C15H27NO2/c1-2-10-18-14-8-5-9-16(11-14)12-15(17)13-6-3-4-7-13/h13-14H,2-12H2,1H3. The molecule has 1 saturated heterocycles. The van der Waals surface area contributed by atoms with E-state index in [0.29, 0.717) is 24.3 Å². The quantitative estimate of drug-likeness (QED) is 0.729. The molecule has 1 aliphatic carbocycles. The van der Waals surface area contributed by atoms with Crippen LogP contribution in [0.3, 0.4) is 0 Å². The van der Waals surface area contributed by atoms with Crippen LogP contribution in [0.2, 0.25) is 0 Å². The number of likely N-dealkylation sites (tertiary alicyclic amines) is 1. The highest BCUT2D eigenvalue weighted by Crippen LogP contribution is 2.26. The van der Waals surface area contributed by atoms with E-state index in [4.69, 9.17) is 4.74 Å². The highest BCUT2D eigenvalue weighted by atomic mass is 16.5. The molecule has 0 aromatic carbocycles. The van der Waals surface area contributed by atoms with Crippen molar-refractivity contribution in [3.63, 3.8) is 0 Å². The number of hydrogen-bond acceptors (Lipinski definition) is 3. The van der Waals surface area contributed by atoms with Crippen LogP contribution in [-0.4, -0.2) is 43.0 Å². The summed E-state index contributed by atoms with van der Waals surface area (Å²) < 4.78 is 5.82. The van der Waals surface area contributed by atoms with Gasteiger partial charge in [0.25, 0.3) is 0 Å². The molecule has 2 fully saturated rings. The highest BCUT2D eigenvalue weighted by molar-refractivity contribution is 5.83. The first-order valence-electron chi connectivity index (χ1n) is 7.66. The number of carbonyl (C=O) groups excluding carboxylic acids is 1. The van der Waals surface area contributed by atoms with Crippen molar-refractivity contribution >= 4 is 5.78 Å². The average molecular weight is 253 g/mol. The molecular formula is C15H27NO2. The van der Waals surface area contributed by atoms with E-state index in [9.17, 15) is 4.79 Å². The van der Waals surface area contributed by atoms with Crippen LogP contribution in [0.4, 0.5) is 0 Å². The molecule has 18 heavy (non-hydrogen) atoms. The zero-order valence-electron chi connectivity index (χ0n) is 11.7. The van der Waals surface area contributed by atoms with Crippen molar-refractivity contribution in [3.05, 3.63) is 0 Å². The van der Waals surface area contributed by atoms with Crippen LogP contribution in [0.5, 0.6) is 0 Å². The van der Waals surface area contributed by atoms with Crippen LogP contribution in [0.15, 0.2) is 0 Å². The number of rotatable bonds is 6. The lowest BCUT2D eigenvalue weighted by molar-refractivity contribution is -0.124. The zero-order chi connectivity index (χ0) is 12.8. The normalized spacial score (nSPS) is 26.6. The molecule has 1 atom stereocenters. The predicted molar refractivity (Wildman–Crippen MR) is 72.7 cm³/mol. The van der Waals surface area contributed by atoms with Gasteiger partial charge in [-0.05, 0) is 38.6 Å². The first kappa shape index (κ1) is 14.0. The van der Waals surface area contributed by atoms with Crippen LogP contribution in [-0.2, 0) is 9.53 Å². The van der Waals surface area contributed by atoms with Crippen LogP contribution >= 0.6 is 0 Å². The van der Waals surface area contributed by atoms with Gasteiger partial charge in [-0.25, -0.2) is 0 Å². The Labute approximate surface area is 111 Å². The number of ketones is 1. The second-order valence-corrected chi connectivity index (χ2v) is 5.82. The van der Waals surface area contributed by atoms with Crippen LogP contribution < -0.4 is 0 Å². The van der Waals surface area contributed by atoms with Crippen LogP contribution in [0.1, 0.15) is 51.9 Å². The molecule has 1 aliphatic heterocycles. The van der Waals surface area contributed by atoms with Gasteiger partial charge in [0.2, 0.25) is 0 Å². The lowest BCUT2D eigenvalue weighted by Gasteiger charge is -2.32. The molecule has 1 unspecified atom stereocenters. The molecule has 3 nitrogen and oxygen atoms in total. The van der Waals surface area contributed by atoms with Gasteiger partial charge in [0.15, 0.2) is 0 Å². The van der Waals surface area contributed by atoms with Gasteiger partial charge >= 0.3 is 0 Å². The summed E-state index contributed by atoms with van der Waals surface area (Å²) in [6, 6.07) is 0. The van der Waals surface area contributed by atoms with Gasteiger partial charge in [-0.2, -0.15) is 0 Å². The molecular weight excluding hydrogens is 226 g/mol. The largest absolute Gasteiger partial charge is 0.377 e. The molecule has 2 aliphatic rings. The third-order valence-electron chi connectivity index (χ3n) is 4.21. The molecule has 1 saturated carbocycles. The van der Waals surface area contributed by atoms with Crippen molar-refractivity contribution in [3.8, 4) is 0 Å². The summed E-state index contributed by atoms with van der Waals surface area (Å²) in [5.41, 5.74) is 0. The Balaban J connectivity index is 1.72. The predicted octanol–water partition coefficient (Wildman–Crippen LogP) is 2.64. The minimum atomic E-state index is 0.357. The van der Waals surface area contributed by atoms with Crippen molar-refractivity contribution in [2.75, 3.05) is 26.2 Å². The maximum Gasteiger partial charge on any atom is 0.149 e. The second-order valence-electron chi connectivity index (χ2n) is 5.82. The van der Waals surface area contributed by atoms with E-state index >= 15 is 0 Å². The molecule has 0 amide bonds. The summed E-state index contributed by atoms with van der Waals surface area (Å²) >= 11 is 0. The van der Waals surface area contributed by atoms with Gasteiger partial charge in [0, 0.05) is 19.1 Å². The van der Waals surface area contributed by atoms with E-state index in [1.165, 1.54) is 19.3 Å². The van der Waals surface area contributed by atoms with E-state index in [1.807, 2.05) is 0 Å². The van der Waals surface area contributed by atoms with Crippen molar-refractivity contribution in [1.29, 1.82) is 0 Å². The Bertz CT molecular complexity index is 261. The molecule has 2 rings (SSSR count). The molecule has 3 heteroatoms. The Morgan fingerprint density at radius 3 is 2.72 bits per heavy atom. The maximum absolute atomic E-state index is 12.2. The number of Topliss-reactive ketones (excluding diaryl/α,β-unsaturated/α-hetero) is 1.